The Morgan fingerprint density at radius 3 is 2.51 bits per heavy atom. The van der Waals surface area contributed by atoms with Crippen LogP contribution in [0.15, 0.2) is 53.0 Å². The lowest BCUT2D eigenvalue weighted by Gasteiger charge is -2.19. The van der Waals surface area contributed by atoms with Gasteiger partial charge in [0.15, 0.2) is 6.61 Å². The summed E-state index contributed by atoms with van der Waals surface area (Å²) in [6.45, 7) is 10.3. The molecule has 0 spiro atoms. The molecule has 3 aromatic rings. The zero-order valence-corrected chi connectivity index (χ0v) is 21.0. The third-order valence-electron chi connectivity index (χ3n) is 6.37. The standard InChI is InChI=1S/C29H25N3O7/c1-18-23(27(35)32(28(36)26(18)30-2)22-9-5-8-20(15-22)29(37)38)10-6-7-19-11-12-21(31-13-3-4-14-31)16-24(19)39-17-25(33)34/h5,7-12,15-16,36H,3-4,13-14,17H2,1H3,(H,33,34)(H,37,38). The summed E-state index contributed by atoms with van der Waals surface area (Å²) in [6, 6.07) is 10.9. The topological polar surface area (TPSA) is 134 Å². The van der Waals surface area contributed by atoms with E-state index in [1.54, 1.807) is 12.1 Å². The highest BCUT2D eigenvalue weighted by Crippen LogP contribution is 2.33. The van der Waals surface area contributed by atoms with Gasteiger partial charge in [0.2, 0.25) is 11.6 Å². The molecule has 198 valence electrons. The fourth-order valence-electron chi connectivity index (χ4n) is 4.39. The molecule has 1 saturated heterocycles. The number of carbonyl (C=O) groups is 2. The lowest BCUT2D eigenvalue weighted by Crippen LogP contribution is -2.22. The number of ether oxygens (including phenoxy) is 1. The highest BCUT2D eigenvalue weighted by molar-refractivity contribution is 5.88. The summed E-state index contributed by atoms with van der Waals surface area (Å²) < 4.78 is 6.39. The van der Waals surface area contributed by atoms with Crippen molar-refractivity contribution in [2.24, 2.45) is 0 Å². The predicted molar refractivity (Wildman–Crippen MR) is 145 cm³/mol. The quantitative estimate of drug-likeness (QED) is 0.288. The normalized spacial score (nSPS) is 12.4. The van der Waals surface area contributed by atoms with Crippen molar-refractivity contribution in [1.82, 2.24) is 4.57 Å². The molecule has 0 saturated carbocycles. The van der Waals surface area contributed by atoms with E-state index in [9.17, 15) is 24.6 Å². The van der Waals surface area contributed by atoms with Crippen LogP contribution in [-0.4, -0.2) is 51.5 Å². The van der Waals surface area contributed by atoms with Gasteiger partial charge >= 0.3 is 11.9 Å². The molecule has 10 nitrogen and oxygen atoms in total. The lowest BCUT2D eigenvalue weighted by atomic mass is 10.1. The molecule has 0 aliphatic carbocycles. The first-order valence-electron chi connectivity index (χ1n) is 12.1. The van der Waals surface area contributed by atoms with Gasteiger partial charge in [0.25, 0.3) is 5.56 Å². The number of aromatic hydroxyl groups is 1. The number of nitrogens with zero attached hydrogens (tertiary/aromatic N) is 3. The van der Waals surface area contributed by atoms with Gasteiger partial charge in [0, 0.05) is 36.0 Å². The molecule has 4 rings (SSSR count). The van der Waals surface area contributed by atoms with Crippen LogP contribution in [-0.2, 0) is 4.79 Å². The molecule has 1 fully saturated rings. The zero-order chi connectivity index (χ0) is 28.1. The van der Waals surface area contributed by atoms with Crippen molar-refractivity contribution in [1.29, 1.82) is 0 Å². The second-order valence-electron chi connectivity index (χ2n) is 8.87. The summed E-state index contributed by atoms with van der Waals surface area (Å²) in [5.41, 5.74) is 3.81. The van der Waals surface area contributed by atoms with Crippen LogP contribution in [0, 0.1) is 13.5 Å². The van der Waals surface area contributed by atoms with Gasteiger partial charge in [0.05, 0.1) is 17.8 Å². The van der Waals surface area contributed by atoms with Crippen molar-refractivity contribution >= 4 is 35.5 Å². The second kappa shape index (κ2) is 11.4. The molecule has 0 atom stereocenters. The van der Waals surface area contributed by atoms with Gasteiger partial charge in [-0.2, -0.15) is 0 Å². The first-order chi connectivity index (χ1) is 18.7. The molecule has 39 heavy (non-hydrogen) atoms. The van der Waals surface area contributed by atoms with Crippen molar-refractivity contribution in [3.8, 4) is 17.3 Å². The van der Waals surface area contributed by atoms with Crippen molar-refractivity contribution < 1.29 is 29.6 Å². The Kier molecular flexibility index (Phi) is 7.85. The smallest absolute Gasteiger partial charge is 0.341 e. The SMILES string of the molecule is [C-]#[N+]c1c(C)c(C=C=Cc2ccc(N3CCCC3)cc2OCC(=O)O)c(=O)n(-c2cccc(C(=O)O)c2)c1O. The Morgan fingerprint density at radius 1 is 1.10 bits per heavy atom. The van der Waals surface area contributed by atoms with Crippen LogP contribution in [0.1, 0.15) is 39.9 Å². The average molecular weight is 528 g/mol. The minimum atomic E-state index is -1.21. The first-order valence-corrected chi connectivity index (χ1v) is 12.1. The number of hydrogen-bond donors (Lipinski definition) is 3. The summed E-state index contributed by atoms with van der Waals surface area (Å²) >= 11 is 0. The number of anilines is 1. The zero-order valence-electron chi connectivity index (χ0n) is 21.0. The molecule has 3 N–H and O–H groups in total. The van der Waals surface area contributed by atoms with Crippen LogP contribution in [0.3, 0.4) is 0 Å². The maximum atomic E-state index is 13.4. The minimum Gasteiger partial charge on any atom is -0.502 e. The molecule has 0 radical (unpaired) electrons. The van der Waals surface area contributed by atoms with Crippen molar-refractivity contribution in [3.05, 3.63) is 92.2 Å². The third-order valence-corrected chi connectivity index (χ3v) is 6.37. The van der Waals surface area contributed by atoms with E-state index in [1.165, 1.54) is 43.3 Å². The third kappa shape index (κ3) is 5.69. The van der Waals surface area contributed by atoms with Gasteiger partial charge < -0.3 is 25.0 Å². The molecule has 0 bridgehead atoms. The van der Waals surface area contributed by atoms with Gasteiger partial charge in [-0.3, -0.25) is 9.36 Å². The molecule has 2 heterocycles. The van der Waals surface area contributed by atoms with E-state index < -0.39 is 30.0 Å². The predicted octanol–water partition coefficient (Wildman–Crippen LogP) is 4.49. The van der Waals surface area contributed by atoms with Crippen molar-refractivity contribution in [2.75, 3.05) is 24.6 Å². The van der Waals surface area contributed by atoms with E-state index in [0.29, 0.717) is 11.3 Å². The van der Waals surface area contributed by atoms with Crippen LogP contribution in [0.2, 0.25) is 0 Å². The maximum absolute atomic E-state index is 13.4. The number of aliphatic carboxylic acids is 1. The Hall–Kier alpha value is -5.26. The number of benzene rings is 2. The molecular weight excluding hydrogens is 502 g/mol. The van der Waals surface area contributed by atoms with Crippen molar-refractivity contribution in [2.45, 2.75) is 19.8 Å². The fourth-order valence-corrected chi connectivity index (χ4v) is 4.39. The van der Waals surface area contributed by atoms with Crippen LogP contribution < -0.4 is 15.2 Å². The number of carboxylic acids is 2. The molecule has 10 heteroatoms. The van der Waals surface area contributed by atoms with Gasteiger partial charge in [-0.25, -0.2) is 14.4 Å². The molecule has 1 aliphatic rings. The largest absolute Gasteiger partial charge is 0.502 e. The van der Waals surface area contributed by atoms with E-state index >= 15 is 0 Å². The first kappa shape index (κ1) is 26.8. The summed E-state index contributed by atoms with van der Waals surface area (Å²) in [6.07, 6.45) is 5.04. The van der Waals surface area contributed by atoms with Crippen LogP contribution in [0.25, 0.3) is 22.7 Å². The Morgan fingerprint density at radius 2 is 1.85 bits per heavy atom. The summed E-state index contributed by atoms with van der Waals surface area (Å²) in [4.78, 5) is 41.5. The van der Waals surface area contributed by atoms with E-state index in [0.717, 1.165) is 36.2 Å². The second-order valence-corrected chi connectivity index (χ2v) is 8.87. The van der Waals surface area contributed by atoms with Gasteiger partial charge in [-0.15, -0.1) is 5.73 Å². The van der Waals surface area contributed by atoms with Gasteiger partial charge in [0.1, 0.15) is 5.75 Å². The molecule has 1 aliphatic heterocycles. The minimum absolute atomic E-state index is 0.0671. The molecule has 1 aromatic heterocycles. The lowest BCUT2D eigenvalue weighted by molar-refractivity contribution is -0.139. The van der Waals surface area contributed by atoms with E-state index in [-0.39, 0.29) is 28.1 Å². The monoisotopic (exact) mass is 527 g/mol. The molecule has 0 unspecified atom stereocenters. The van der Waals surface area contributed by atoms with Gasteiger partial charge in [-0.1, -0.05) is 6.07 Å². The van der Waals surface area contributed by atoms with Crippen LogP contribution in [0.4, 0.5) is 11.4 Å². The summed E-state index contributed by atoms with van der Waals surface area (Å²) in [7, 11) is 0. The number of hydrogen-bond acceptors (Lipinski definition) is 6. The van der Waals surface area contributed by atoms with E-state index in [4.69, 9.17) is 16.4 Å². The van der Waals surface area contributed by atoms with Crippen LogP contribution in [0.5, 0.6) is 11.6 Å². The Labute approximate surface area is 223 Å². The maximum Gasteiger partial charge on any atom is 0.341 e. The number of rotatable bonds is 8. The number of pyridine rings is 1. The molecule has 2 aromatic carbocycles. The fraction of sp³-hybridized carbons (Fsp3) is 0.207. The van der Waals surface area contributed by atoms with Gasteiger partial charge in [-0.05, 0) is 67.8 Å². The molecule has 0 amide bonds. The highest BCUT2D eigenvalue weighted by atomic mass is 16.5. The van der Waals surface area contributed by atoms with Crippen LogP contribution >= 0.6 is 0 Å². The summed E-state index contributed by atoms with van der Waals surface area (Å²) in [5, 5.41) is 29.1. The number of carboxylic acid groups (broad SMARTS) is 2. The van der Waals surface area contributed by atoms with E-state index in [1.807, 2.05) is 6.07 Å². The Bertz CT molecular complexity index is 1620. The number of aromatic carboxylic acids is 1. The highest BCUT2D eigenvalue weighted by Gasteiger charge is 2.20. The number of aromatic nitrogens is 1. The molecular formula is C29H25N3O7. The van der Waals surface area contributed by atoms with Crippen molar-refractivity contribution in [3.63, 3.8) is 0 Å². The van der Waals surface area contributed by atoms with E-state index in [2.05, 4.69) is 15.5 Å². The summed E-state index contributed by atoms with van der Waals surface area (Å²) in [5.74, 6) is -2.58. The Balaban J connectivity index is 1.80. The average Bonchev–Trinajstić information content (AvgIpc) is 3.45.